The predicted octanol–water partition coefficient (Wildman–Crippen LogP) is 3.28. The summed E-state index contributed by atoms with van der Waals surface area (Å²) in [5.41, 5.74) is 0.601. The van der Waals surface area contributed by atoms with Gasteiger partial charge in [0, 0.05) is 33.3 Å². The fourth-order valence-corrected chi connectivity index (χ4v) is 4.13. The molecule has 2 aliphatic rings. The third-order valence-corrected chi connectivity index (χ3v) is 5.45. The second-order valence-corrected chi connectivity index (χ2v) is 7.38. The molecule has 1 spiro atoms. The Morgan fingerprint density at radius 3 is 2.59 bits per heavy atom. The summed E-state index contributed by atoms with van der Waals surface area (Å²) in [5.74, 6) is 1.65. The van der Waals surface area contributed by atoms with E-state index in [1.807, 2.05) is 7.05 Å². The van der Waals surface area contributed by atoms with Gasteiger partial charge in [0.05, 0.1) is 6.10 Å². The number of rotatable bonds is 6. The molecule has 1 unspecified atom stereocenters. The smallest absolute Gasteiger partial charge is 0.193 e. The molecule has 0 radical (unpaired) electrons. The summed E-state index contributed by atoms with van der Waals surface area (Å²) in [4.78, 5) is 6.97. The zero-order valence-electron chi connectivity index (χ0n) is 15.0. The van der Waals surface area contributed by atoms with Gasteiger partial charge in [-0.15, -0.1) is 0 Å². The molecule has 1 aliphatic heterocycles. The summed E-state index contributed by atoms with van der Waals surface area (Å²) in [5, 5.41) is 3.56. The number of nitrogens with one attached hydrogen (secondary N) is 1. The average Bonchev–Trinajstić information content (AvgIpc) is 3.13. The van der Waals surface area contributed by atoms with E-state index in [2.05, 4.69) is 36.0 Å². The maximum atomic E-state index is 5.83. The zero-order chi connectivity index (χ0) is 16.0. The number of ether oxygens (including phenoxy) is 1. The van der Waals surface area contributed by atoms with Gasteiger partial charge in [0.25, 0.3) is 0 Å². The Balaban J connectivity index is 1.78. The van der Waals surface area contributed by atoms with Gasteiger partial charge in [-0.25, -0.2) is 0 Å². The first-order chi connectivity index (χ1) is 10.6. The van der Waals surface area contributed by atoms with Gasteiger partial charge < -0.3 is 15.0 Å². The van der Waals surface area contributed by atoms with Gasteiger partial charge in [0.15, 0.2) is 5.96 Å². The quantitative estimate of drug-likeness (QED) is 0.604. The Kier molecular flexibility index (Phi) is 6.54. The first-order valence-corrected chi connectivity index (χ1v) is 9.17. The van der Waals surface area contributed by atoms with E-state index < -0.39 is 0 Å². The van der Waals surface area contributed by atoms with Gasteiger partial charge in [0.2, 0.25) is 0 Å². The number of nitrogens with zero attached hydrogens (tertiary/aromatic N) is 2. The lowest BCUT2D eigenvalue weighted by atomic mass is 9.86. The molecule has 1 atom stereocenters. The molecule has 128 valence electrons. The van der Waals surface area contributed by atoms with E-state index in [1.54, 1.807) is 0 Å². The molecular weight excluding hydrogens is 274 g/mol. The fraction of sp³-hybridized carbons (Fsp3) is 0.944. The van der Waals surface area contributed by atoms with Gasteiger partial charge in [-0.1, -0.05) is 26.7 Å². The molecule has 0 bridgehead atoms. The van der Waals surface area contributed by atoms with E-state index >= 15 is 0 Å². The molecule has 1 saturated heterocycles. The Labute approximate surface area is 136 Å². The molecule has 1 aliphatic carbocycles. The van der Waals surface area contributed by atoms with Crippen LogP contribution in [-0.2, 0) is 4.74 Å². The van der Waals surface area contributed by atoms with Crippen LogP contribution < -0.4 is 5.32 Å². The van der Waals surface area contributed by atoms with E-state index in [-0.39, 0.29) is 0 Å². The van der Waals surface area contributed by atoms with Crippen LogP contribution in [0.15, 0.2) is 4.99 Å². The van der Waals surface area contributed by atoms with Gasteiger partial charge in [0.1, 0.15) is 0 Å². The zero-order valence-corrected chi connectivity index (χ0v) is 15.0. The van der Waals surface area contributed by atoms with E-state index in [1.165, 1.54) is 45.2 Å². The Hall–Kier alpha value is -0.770. The van der Waals surface area contributed by atoms with Crippen LogP contribution in [0.2, 0.25) is 0 Å². The normalized spacial score (nSPS) is 22.8. The van der Waals surface area contributed by atoms with Crippen molar-refractivity contribution in [3.05, 3.63) is 0 Å². The Morgan fingerprint density at radius 2 is 2.00 bits per heavy atom. The van der Waals surface area contributed by atoms with Crippen LogP contribution in [0.5, 0.6) is 0 Å². The van der Waals surface area contributed by atoms with Crippen LogP contribution in [0.3, 0.4) is 0 Å². The largest absolute Gasteiger partial charge is 0.378 e. The van der Waals surface area contributed by atoms with Crippen LogP contribution in [0.1, 0.15) is 59.3 Å². The lowest BCUT2D eigenvalue weighted by Crippen LogP contribution is -2.42. The highest BCUT2D eigenvalue weighted by Gasteiger charge is 2.41. The van der Waals surface area contributed by atoms with Crippen LogP contribution in [-0.4, -0.2) is 50.3 Å². The van der Waals surface area contributed by atoms with Crippen molar-refractivity contribution < 1.29 is 4.74 Å². The molecule has 22 heavy (non-hydrogen) atoms. The third-order valence-electron chi connectivity index (χ3n) is 5.45. The maximum absolute atomic E-state index is 5.83. The number of likely N-dealkylation sites (tertiary alicyclic amines) is 1. The minimum Gasteiger partial charge on any atom is -0.378 e. The van der Waals surface area contributed by atoms with E-state index in [4.69, 9.17) is 4.74 Å². The average molecular weight is 309 g/mol. The topological polar surface area (TPSA) is 36.9 Å². The van der Waals surface area contributed by atoms with E-state index in [0.29, 0.717) is 17.4 Å². The number of guanidine groups is 1. The second-order valence-electron chi connectivity index (χ2n) is 7.38. The van der Waals surface area contributed by atoms with Gasteiger partial charge >= 0.3 is 0 Å². The molecule has 1 N–H and O–H groups in total. The molecule has 1 heterocycles. The van der Waals surface area contributed by atoms with Crippen LogP contribution in [0.4, 0.5) is 0 Å². The first kappa shape index (κ1) is 17.6. The van der Waals surface area contributed by atoms with E-state index in [9.17, 15) is 0 Å². The van der Waals surface area contributed by atoms with Crippen molar-refractivity contribution in [1.82, 2.24) is 10.2 Å². The summed E-state index contributed by atoms with van der Waals surface area (Å²) >= 11 is 0. The third kappa shape index (κ3) is 4.37. The molecule has 1 saturated carbocycles. The van der Waals surface area contributed by atoms with Gasteiger partial charge in [-0.3, -0.25) is 4.99 Å². The highest BCUT2D eigenvalue weighted by atomic mass is 16.5. The summed E-state index contributed by atoms with van der Waals surface area (Å²) < 4.78 is 5.83. The molecule has 2 fully saturated rings. The fourth-order valence-electron chi connectivity index (χ4n) is 4.13. The number of hydrogen-bond acceptors (Lipinski definition) is 2. The highest BCUT2D eigenvalue weighted by Crippen LogP contribution is 2.45. The minimum atomic E-state index is 0.343. The SMILES string of the molecule is CCOC(CCNC(=NC)N1CCC2(CCCC2)C1)C(C)C. The highest BCUT2D eigenvalue weighted by molar-refractivity contribution is 5.80. The summed E-state index contributed by atoms with van der Waals surface area (Å²) in [6.45, 7) is 10.7. The van der Waals surface area contributed by atoms with Gasteiger partial charge in [-0.05, 0) is 43.9 Å². The van der Waals surface area contributed by atoms with Crippen molar-refractivity contribution in [2.75, 3.05) is 33.3 Å². The molecule has 2 rings (SSSR count). The molecule has 4 nitrogen and oxygen atoms in total. The lowest BCUT2D eigenvalue weighted by Gasteiger charge is -2.27. The predicted molar refractivity (Wildman–Crippen MR) is 93.3 cm³/mol. The van der Waals surface area contributed by atoms with Crippen molar-refractivity contribution in [1.29, 1.82) is 0 Å². The molecular formula is C18H35N3O. The van der Waals surface area contributed by atoms with Crippen LogP contribution in [0, 0.1) is 11.3 Å². The van der Waals surface area contributed by atoms with Crippen molar-refractivity contribution in [2.24, 2.45) is 16.3 Å². The summed E-state index contributed by atoms with van der Waals surface area (Å²) in [7, 11) is 1.91. The summed E-state index contributed by atoms with van der Waals surface area (Å²) in [6, 6.07) is 0. The van der Waals surface area contributed by atoms with Crippen molar-refractivity contribution in [3.8, 4) is 0 Å². The van der Waals surface area contributed by atoms with Gasteiger partial charge in [-0.2, -0.15) is 0 Å². The minimum absolute atomic E-state index is 0.343. The Morgan fingerprint density at radius 1 is 1.27 bits per heavy atom. The van der Waals surface area contributed by atoms with Crippen molar-refractivity contribution >= 4 is 5.96 Å². The standard InChI is InChI=1S/C18H35N3O/c1-5-22-16(15(2)3)8-12-20-17(19-4)21-13-11-18(14-21)9-6-7-10-18/h15-16H,5-14H2,1-4H3,(H,19,20). The van der Waals surface area contributed by atoms with E-state index in [0.717, 1.165) is 25.5 Å². The van der Waals surface area contributed by atoms with Crippen molar-refractivity contribution in [3.63, 3.8) is 0 Å². The van der Waals surface area contributed by atoms with Crippen LogP contribution in [0.25, 0.3) is 0 Å². The molecule has 0 aromatic rings. The second kappa shape index (κ2) is 8.19. The summed E-state index contributed by atoms with van der Waals surface area (Å²) in [6.07, 6.45) is 8.41. The number of hydrogen-bond donors (Lipinski definition) is 1. The molecule has 4 heteroatoms. The first-order valence-electron chi connectivity index (χ1n) is 9.17. The monoisotopic (exact) mass is 309 g/mol. The maximum Gasteiger partial charge on any atom is 0.193 e. The molecule has 0 aromatic carbocycles. The molecule has 0 aromatic heterocycles. The van der Waals surface area contributed by atoms with Crippen molar-refractivity contribution in [2.45, 2.75) is 65.4 Å². The lowest BCUT2D eigenvalue weighted by molar-refractivity contribution is 0.0257. The van der Waals surface area contributed by atoms with Crippen LogP contribution >= 0.6 is 0 Å². The Bertz CT molecular complexity index is 361. The number of aliphatic imine (C=N–C) groups is 1. The molecule has 0 amide bonds.